The van der Waals surface area contributed by atoms with Gasteiger partial charge < -0.3 is 4.90 Å². The molecule has 0 N–H and O–H groups in total. The second kappa shape index (κ2) is 5.45. The van der Waals surface area contributed by atoms with E-state index in [2.05, 4.69) is 24.3 Å². The lowest BCUT2D eigenvalue weighted by Crippen LogP contribution is -2.39. The molecule has 1 heterocycles. The van der Waals surface area contributed by atoms with Gasteiger partial charge in [0.25, 0.3) is 0 Å². The lowest BCUT2D eigenvalue weighted by molar-refractivity contribution is -0.133. The van der Waals surface area contributed by atoms with Crippen LogP contribution in [0.25, 0.3) is 10.8 Å². The third-order valence-electron chi connectivity index (χ3n) is 3.84. The van der Waals surface area contributed by atoms with E-state index >= 15 is 0 Å². The molecule has 3 heteroatoms. The number of benzene rings is 2. The summed E-state index contributed by atoms with van der Waals surface area (Å²) in [5.41, 5.74) is 1.03. The van der Waals surface area contributed by atoms with Crippen molar-refractivity contribution in [3.05, 3.63) is 48.0 Å². The van der Waals surface area contributed by atoms with Gasteiger partial charge in [0.05, 0.1) is 6.42 Å². The number of hydrogen-bond acceptors (Lipinski definition) is 2. The van der Waals surface area contributed by atoms with E-state index in [0.717, 1.165) is 10.9 Å². The number of carbonyl (C=O) groups excluding carboxylic acids is 2. The summed E-state index contributed by atoms with van der Waals surface area (Å²) >= 11 is 0. The maximum Gasteiger partial charge on any atom is 0.227 e. The zero-order valence-corrected chi connectivity index (χ0v) is 11.3. The Hall–Kier alpha value is -2.16. The Morgan fingerprint density at radius 2 is 1.70 bits per heavy atom. The maximum atomic E-state index is 12.2. The smallest absolute Gasteiger partial charge is 0.227 e. The summed E-state index contributed by atoms with van der Waals surface area (Å²) in [6.45, 7) is 1.15. The minimum atomic E-state index is 0.118. The van der Waals surface area contributed by atoms with Crippen LogP contribution in [-0.2, 0) is 16.0 Å². The van der Waals surface area contributed by atoms with Gasteiger partial charge in [0.1, 0.15) is 5.78 Å². The van der Waals surface area contributed by atoms with Crippen LogP contribution in [0, 0.1) is 0 Å². The molecule has 1 aliphatic rings. The van der Waals surface area contributed by atoms with Crippen LogP contribution in [0.1, 0.15) is 18.4 Å². The maximum absolute atomic E-state index is 12.2. The zero-order chi connectivity index (χ0) is 13.9. The predicted molar refractivity (Wildman–Crippen MR) is 78.5 cm³/mol. The molecule has 1 saturated heterocycles. The standard InChI is InChI=1S/C17H17NO2/c19-16-7-9-18(10-8-16)17(20)12-13-5-6-14-3-1-2-4-15(14)11-13/h1-6,11H,7-10,12H2. The molecule has 1 amide bonds. The Balaban J connectivity index is 1.72. The summed E-state index contributed by atoms with van der Waals surface area (Å²) in [6.07, 6.45) is 1.42. The van der Waals surface area contributed by atoms with Gasteiger partial charge in [0, 0.05) is 25.9 Å². The minimum Gasteiger partial charge on any atom is -0.342 e. The van der Waals surface area contributed by atoms with Crippen LogP contribution in [0.3, 0.4) is 0 Å². The molecule has 0 saturated carbocycles. The van der Waals surface area contributed by atoms with Crippen molar-refractivity contribution in [2.75, 3.05) is 13.1 Å². The van der Waals surface area contributed by atoms with Crippen molar-refractivity contribution in [3.63, 3.8) is 0 Å². The summed E-state index contributed by atoms with van der Waals surface area (Å²) in [6, 6.07) is 14.3. The SMILES string of the molecule is O=C1CCN(C(=O)Cc2ccc3ccccc3c2)CC1. The van der Waals surface area contributed by atoms with E-state index in [1.807, 2.05) is 18.2 Å². The van der Waals surface area contributed by atoms with Gasteiger partial charge in [-0.15, -0.1) is 0 Å². The van der Waals surface area contributed by atoms with Crippen molar-refractivity contribution >= 4 is 22.5 Å². The third kappa shape index (κ3) is 2.72. The summed E-state index contributed by atoms with van der Waals surface area (Å²) in [5.74, 6) is 0.382. The fraction of sp³-hybridized carbons (Fsp3) is 0.294. The highest BCUT2D eigenvalue weighted by Crippen LogP contribution is 2.17. The normalized spacial score (nSPS) is 15.6. The Kier molecular flexibility index (Phi) is 3.50. The topological polar surface area (TPSA) is 37.4 Å². The van der Waals surface area contributed by atoms with Gasteiger partial charge in [-0.25, -0.2) is 0 Å². The highest BCUT2D eigenvalue weighted by Gasteiger charge is 2.20. The van der Waals surface area contributed by atoms with Gasteiger partial charge >= 0.3 is 0 Å². The van der Waals surface area contributed by atoms with Crippen molar-refractivity contribution in [2.45, 2.75) is 19.3 Å². The lowest BCUT2D eigenvalue weighted by atomic mass is 10.0. The molecule has 2 aromatic rings. The molecule has 0 aliphatic carbocycles. The highest BCUT2D eigenvalue weighted by molar-refractivity contribution is 5.87. The molecule has 1 aliphatic heterocycles. The van der Waals surface area contributed by atoms with Crippen LogP contribution in [0.15, 0.2) is 42.5 Å². The van der Waals surface area contributed by atoms with Gasteiger partial charge in [-0.3, -0.25) is 9.59 Å². The van der Waals surface area contributed by atoms with Gasteiger partial charge in [-0.05, 0) is 16.3 Å². The Labute approximate surface area is 118 Å². The number of carbonyl (C=O) groups is 2. The summed E-state index contributed by atoms with van der Waals surface area (Å²) in [7, 11) is 0. The number of amides is 1. The van der Waals surface area contributed by atoms with E-state index in [-0.39, 0.29) is 11.7 Å². The Morgan fingerprint density at radius 3 is 2.45 bits per heavy atom. The third-order valence-corrected chi connectivity index (χ3v) is 3.84. The molecule has 0 spiro atoms. The van der Waals surface area contributed by atoms with Crippen LogP contribution in [0.4, 0.5) is 0 Å². The quantitative estimate of drug-likeness (QED) is 0.838. The van der Waals surface area contributed by atoms with Crippen molar-refractivity contribution < 1.29 is 9.59 Å². The first-order chi connectivity index (χ1) is 9.72. The summed E-state index contributed by atoms with van der Waals surface area (Å²) in [5, 5.41) is 2.35. The number of piperidine rings is 1. The van der Waals surface area contributed by atoms with Gasteiger partial charge in [0.2, 0.25) is 5.91 Å². The number of fused-ring (bicyclic) bond motifs is 1. The number of hydrogen-bond donors (Lipinski definition) is 0. The molecule has 0 atom stereocenters. The molecule has 0 unspecified atom stereocenters. The molecular formula is C17H17NO2. The van der Waals surface area contributed by atoms with E-state index < -0.39 is 0 Å². The molecule has 0 radical (unpaired) electrons. The fourth-order valence-electron chi connectivity index (χ4n) is 2.64. The van der Waals surface area contributed by atoms with Crippen molar-refractivity contribution in [2.24, 2.45) is 0 Å². The molecular weight excluding hydrogens is 250 g/mol. The minimum absolute atomic E-state index is 0.118. The molecule has 1 fully saturated rings. The van der Waals surface area contributed by atoms with Crippen LogP contribution >= 0.6 is 0 Å². The van der Waals surface area contributed by atoms with E-state index in [0.29, 0.717) is 32.4 Å². The molecule has 2 aromatic carbocycles. The molecule has 3 nitrogen and oxygen atoms in total. The predicted octanol–water partition coefficient (Wildman–Crippen LogP) is 2.57. The lowest BCUT2D eigenvalue weighted by Gasteiger charge is -2.26. The van der Waals surface area contributed by atoms with E-state index in [4.69, 9.17) is 0 Å². The van der Waals surface area contributed by atoms with Crippen molar-refractivity contribution in [1.82, 2.24) is 4.90 Å². The first kappa shape index (κ1) is 12.9. The molecule has 102 valence electrons. The van der Waals surface area contributed by atoms with Gasteiger partial charge in [-0.1, -0.05) is 42.5 Å². The first-order valence-electron chi connectivity index (χ1n) is 6.99. The monoisotopic (exact) mass is 267 g/mol. The highest BCUT2D eigenvalue weighted by atomic mass is 16.2. The van der Waals surface area contributed by atoms with Crippen LogP contribution in [0.5, 0.6) is 0 Å². The average molecular weight is 267 g/mol. The van der Waals surface area contributed by atoms with Crippen molar-refractivity contribution in [1.29, 1.82) is 0 Å². The van der Waals surface area contributed by atoms with E-state index in [1.54, 1.807) is 4.90 Å². The zero-order valence-electron chi connectivity index (χ0n) is 11.3. The summed E-state index contributed by atoms with van der Waals surface area (Å²) in [4.78, 5) is 25.2. The second-order valence-electron chi connectivity index (χ2n) is 5.28. The number of likely N-dealkylation sites (tertiary alicyclic amines) is 1. The fourth-order valence-corrected chi connectivity index (χ4v) is 2.64. The number of Topliss-reactive ketones (excluding diaryl/α,β-unsaturated/α-hetero) is 1. The van der Waals surface area contributed by atoms with Gasteiger partial charge in [-0.2, -0.15) is 0 Å². The van der Waals surface area contributed by atoms with E-state index in [9.17, 15) is 9.59 Å². The number of rotatable bonds is 2. The Bertz CT molecular complexity index is 653. The van der Waals surface area contributed by atoms with Gasteiger partial charge in [0.15, 0.2) is 0 Å². The largest absolute Gasteiger partial charge is 0.342 e. The molecule has 3 rings (SSSR count). The molecule has 20 heavy (non-hydrogen) atoms. The van der Waals surface area contributed by atoms with Crippen molar-refractivity contribution in [3.8, 4) is 0 Å². The first-order valence-corrected chi connectivity index (χ1v) is 6.99. The number of ketones is 1. The van der Waals surface area contributed by atoms with E-state index in [1.165, 1.54) is 5.39 Å². The summed E-state index contributed by atoms with van der Waals surface area (Å²) < 4.78 is 0. The Morgan fingerprint density at radius 1 is 1.00 bits per heavy atom. The van der Waals surface area contributed by atoms with Crippen LogP contribution in [-0.4, -0.2) is 29.7 Å². The molecule has 0 aromatic heterocycles. The number of nitrogens with zero attached hydrogens (tertiary/aromatic N) is 1. The second-order valence-corrected chi connectivity index (χ2v) is 5.28. The van der Waals surface area contributed by atoms with Crippen LogP contribution < -0.4 is 0 Å². The average Bonchev–Trinajstić information content (AvgIpc) is 2.48. The van der Waals surface area contributed by atoms with Crippen LogP contribution in [0.2, 0.25) is 0 Å². The molecule has 0 bridgehead atoms.